The number of ketones is 1. The standard InChI is InChI=1S/C18H17BrO2/c1-12-2-4-13(5-3-12)17(20)11-18-16-7-6-15(19)10-14(16)8-9-21-18/h2-7,10,18H,8-9,11H2,1H3. The Balaban J connectivity index is 1.80. The Bertz CT molecular complexity index is 661. The number of aryl methyl sites for hydroxylation is 1. The zero-order valence-corrected chi connectivity index (χ0v) is 13.5. The zero-order chi connectivity index (χ0) is 14.8. The van der Waals surface area contributed by atoms with Crippen molar-refractivity contribution < 1.29 is 9.53 Å². The molecule has 1 heterocycles. The zero-order valence-electron chi connectivity index (χ0n) is 11.9. The fourth-order valence-corrected chi connectivity index (χ4v) is 3.11. The van der Waals surface area contributed by atoms with Crippen LogP contribution in [-0.2, 0) is 11.2 Å². The molecule has 0 aliphatic carbocycles. The number of carbonyl (C=O) groups excluding carboxylic acids is 1. The van der Waals surface area contributed by atoms with E-state index in [4.69, 9.17) is 4.74 Å². The second-order valence-electron chi connectivity index (χ2n) is 5.45. The number of Topliss-reactive ketones (excluding diaryl/α,β-unsaturated/α-hetero) is 1. The van der Waals surface area contributed by atoms with Crippen molar-refractivity contribution in [2.45, 2.75) is 25.9 Å². The summed E-state index contributed by atoms with van der Waals surface area (Å²) in [5.41, 5.74) is 4.34. The van der Waals surface area contributed by atoms with Crippen LogP contribution in [-0.4, -0.2) is 12.4 Å². The average molecular weight is 345 g/mol. The Labute approximate surface area is 133 Å². The third-order valence-corrected chi connectivity index (χ3v) is 4.38. The minimum Gasteiger partial charge on any atom is -0.373 e. The fraction of sp³-hybridized carbons (Fsp3) is 0.278. The number of hydrogen-bond acceptors (Lipinski definition) is 2. The van der Waals surface area contributed by atoms with Gasteiger partial charge in [0.15, 0.2) is 5.78 Å². The summed E-state index contributed by atoms with van der Waals surface area (Å²) in [5.74, 6) is 0.135. The highest BCUT2D eigenvalue weighted by Gasteiger charge is 2.24. The molecule has 1 unspecified atom stereocenters. The van der Waals surface area contributed by atoms with Crippen molar-refractivity contribution in [3.05, 3.63) is 69.2 Å². The maximum atomic E-state index is 12.4. The predicted molar refractivity (Wildman–Crippen MR) is 86.7 cm³/mol. The van der Waals surface area contributed by atoms with Crippen LogP contribution in [0.3, 0.4) is 0 Å². The van der Waals surface area contributed by atoms with Gasteiger partial charge >= 0.3 is 0 Å². The van der Waals surface area contributed by atoms with Crippen LogP contribution < -0.4 is 0 Å². The normalized spacial score (nSPS) is 17.3. The third kappa shape index (κ3) is 3.25. The van der Waals surface area contributed by atoms with Gasteiger partial charge in [0.25, 0.3) is 0 Å². The number of hydrogen-bond donors (Lipinski definition) is 0. The minimum atomic E-state index is -0.129. The first-order valence-electron chi connectivity index (χ1n) is 7.13. The molecule has 0 aromatic heterocycles. The van der Waals surface area contributed by atoms with Gasteiger partial charge in [-0.15, -0.1) is 0 Å². The molecule has 2 aromatic carbocycles. The van der Waals surface area contributed by atoms with Crippen LogP contribution in [0.15, 0.2) is 46.9 Å². The van der Waals surface area contributed by atoms with Crippen molar-refractivity contribution in [3.8, 4) is 0 Å². The Morgan fingerprint density at radius 2 is 2.00 bits per heavy atom. The van der Waals surface area contributed by atoms with Gasteiger partial charge in [0.1, 0.15) is 0 Å². The third-order valence-electron chi connectivity index (χ3n) is 3.89. The van der Waals surface area contributed by atoms with Crippen LogP contribution in [0, 0.1) is 6.92 Å². The second kappa shape index (κ2) is 6.12. The molecule has 1 aliphatic heterocycles. The molecule has 1 atom stereocenters. The fourth-order valence-electron chi connectivity index (χ4n) is 2.70. The Kier molecular flexibility index (Phi) is 4.22. The van der Waals surface area contributed by atoms with Gasteiger partial charge in [-0.2, -0.15) is 0 Å². The number of rotatable bonds is 3. The minimum absolute atomic E-state index is 0.129. The summed E-state index contributed by atoms with van der Waals surface area (Å²) in [4.78, 5) is 12.4. The number of ether oxygens (including phenoxy) is 1. The molecular formula is C18H17BrO2. The lowest BCUT2D eigenvalue weighted by Gasteiger charge is -2.26. The van der Waals surface area contributed by atoms with E-state index in [2.05, 4.69) is 28.1 Å². The molecule has 0 saturated heterocycles. The Hall–Kier alpha value is -1.45. The Morgan fingerprint density at radius 3 is 2.76 bits per heavy atom. The molecule has 0 bridgehead atoms. The van der Waals surface area contributed by atoms with E-state index in [1.165, 1.54) is 5.56 Å². The molecule has 3 rings (SSSR count). The summed E-state index contributed by atoms with van der Waals surface area (Å²) in [7, 11) is 0. The summed E-state index contributed by atoms with van der Waals surface area (Å²) in [6, 6.07) is 13.9. The average Bonchev–Trinajstić information content (AvgIpc) is 2.47. The van der Waals surface area contributed by atoms with Gasteiger partial charge in [-0.25, -0.2) is 0 Å². The van der Waals surface area contributed by atoms with Crippen molar-refractivity contribution >= 4 is 21.7 Å². The van der Waals surface area contributed by atoms with E-state index in [1.54, 1.807) is 0 Å². The number of carbonyl (C=O) groups is 1. The van der Waals surface area contributed by atoms with E-state index in [0.29, 0.717) is 13.0 Å². The quantitative estimate of drug-likeness (QED) is 0.758. The van der Waals surface area contributed by atoms with Crippen LogP contribution in [0.5, 0.6) is 0 Å². The van der Waals surface area contributed by atoms with Crippen molar-refractivity contribution in [1.29, 1.82) is 0 Å². The van der Waals surface area contributed by atoms with Crippen molar-refractivity contribution in [2.24, 2.45) is 0 Å². The molecule has 0 amide bonds. The van der Waals surface area contributed by atoms with Crippen LogP contribution in [0.25, 0.3) is 0 Å². The molecule has 0 fully saturated rings. The highest BCUT2D eigenvalue weighted by Crippen LogP contribution is 2.32. The highest BCUT2D eigenvalue weighted by atomic mass is 79.9. The first kappa shape index (κ1) is 14.5. The summed E-state index contributed by atoms with van der Waals surface area (Å²) < 4.78 is 6.90. The van der Waals surface area contributed by atoms with Gasteiger partial charge in [0, 0.05) is 16.5 Å². The van der Waals surface area contributed by atoms with Gasteiger partial charge in [-0.3, -0.25) is 4.79 Å². The first-order chi connectivity index (χ1) is 10.1. The molecule has 21 heavy (non-hydrogen) atoms. The second-order valence-corrected chi connectivity index (χ2v) is 6.36. The van der Waals surface area contributed by atoms with Gasteiger partial charge in [-0.1, -0.05) is 51.8 Å². The molecule has 0 spiro atoms. The molecule has 2 aromatic rings. The summed E-state index contributed by atoms with van der Waals surface area (Å²) in [6.07, 6.45) is 1.18. The molecule has 1 aliphatic rings. The van der Waals surface area contributed by atoms with Gasteiger partial charge < -0.3 is 4.74 Å². The van der Waals surface area contributed by atoms with Crippen LogP contribution in [0.4, 0.5) is 0 Å². The monoisotopic (exact) mass is 344 g/mol. The molecule has 2 nitrogen and oxygen atoms in total. The van der Waals surface area contributed by atoms with Crippen LogP contribution >= 0.6 is 15.9 Å². The number of halogens is 1. The number of benzene rings is 2. The smallest absolute Gasteiger partial charge is 0.165 e. The number of fused-ring (bicyclic) bond motifs is 1. The topological polar surface area (TPSA) is 26.3 Å². The lowest BCUT2D eigenvalue weighted by atomic mass is 9.93. The lowest BCUT2D eigenvalue weighted by Crippen LogP contribution is -2.19. The van der Waals surface area contributed by atoms with Crippen LogP contribution in [0.1, 0.15) is 39.6 Å². The summed E-state index contributed by atoms with van der Waals surface area (Å²) in [6.45, 7) is 2.70. The lowest BCUT2D eigenvalue weighted by molar-refractivity contribution is 0.0351. The molecule has 3 heteroatoms. The van der Waals surface area contributed by atoms with Gasteiger partial charge in [-0.05, 0) is 36.6 Å². The summed E-state index contributed by atoms with van der Waals surface area (Å²) >= 11 is 3.50. The van der Waals surface area contributed by atoms with E-state index < -0.39 is 0 Å². The van der Waals surface area contributed by atoms with E-state index in [-0.39, 0.29) is 11.9 Å². The predicted octanol–water partition coefficient (Wildman–Crippen LogP) is 4.64. The van der Waals surface area contributed by atoms with Crippen molar-refractivity contribution in [3.63, 3.8) is 0 Å². The van der Waals surface area contributed by atoms with E-state index >= 15 is 0 Å². The van der Waals surface area contributed by atoms with E-state index in [0.717, 1.165) is 27.6 Å². The maximum absolute atomic E-state index is 12.4. The molecular weight excluding hydrogens is 328 g/mol. The highest BCUT2D eigenvalue weighted by molar-refractivity contribution is 9.10. The molecule has 0 radical (unpaired) electrons. The first-order valence-corrected chi connectivity index (χ1v) is 7.92. The Morgan fingerprint density at radius 1 is 1.24 bits per heavy atom. The summed E-state index contributed by atoms with van der Waals surface area (Å²) in [5, 5.41) is 0. The van der Waals surface area contributed by atoms with Crippen molar-refractivity contribution in [2.75, 3.05) is 6.61 Å². The molecule has 108 valence electrons. The molecule has 0 saturated carbocycles. The van der Waals surface area contributed by atoms with Crippen LogP contribution in [0.2, 0.25) is 0 Å². The largest absolute Gasteiger partial charge is 0.373 e. The van der Waals surface area contributed by atoms with E-state index in [9.17, 15) is 4.79 Å². The van der Waals surface area contributed by atoms with Gasteiger partial charge in [0.05, 0.1) is 12.7 Å². The maximum Gasteiger partial charge on any atom is 0.165 e. The van der Waals surface area contributed by atoms with E-state index in [1.807, 2.05) is 37.3 Å². The molecule has 0 N–H and O–H groups in total. The SMILES string of the molecule is Cc1ccc(C(=O)CC2OCCc3cc(Br)ccc32)cc1. The van der Waals surface area contributed by atoms with Crippen molar-refractivity contribution in [1.82, 2.24) is 0 Å². The van der Waals surface area contributed by atoms with Gasteiger partial charge in [0.2, 0.25) is 0 Å².